The third-order valence-electron chi connectivity index (χ3n) is 2.47. The van der Waals surface area contributed by atoms with Gasteiger partial charge >= 0.3 is 0 Å². The van der Waals surface area contributed by atoms with Gasteiger partial charge in [-0.25, -0.2) is 0 Å². The summed E-state index contributed by atoms with van der Waals surface area (Å²) in [4.78, 5) is 0. The molecule has 1 N–H and O–H groups in total. The molecule has 17 heavy (non-hydrogen) atoms. The van der Waals surface area contributed by atoms with Gasteiger partial charge in [0.05, 0.1) is 5.69 Å². The first-order valence-corrected chi connectivity index (χ1v) is 6.69. The number of rotatable bonds is 5. The van der Waals surface area contributed by atoms with Gasteiger partial charge in [0.1, 0.15) is 0 Å². The van der Waals surface area contributed by atoms with E-state index in [2.05, 4.69) is 27.9 Å². The van der Waals surface area contributed by atoms with Crippen LogP contribution in [-0.4, -0.2) is 15.6 Å². The molecule has 0 amide bonds. The lowest BCUT2D eigenvalue weighted by molar-refractivity contribution is 0.539. The monoisotopic (exact) mass is 267 g/mol. The Hall–Kier alpha value is -0.970. The van der Waals surface area contributed by atoms with Gasteiger partial charge in [-0.1, -0.05) is 28.2 Å². The molecule has 0 fully saturated rings. The summed E-state index contributed by atoms with van der Waals surface area (Å²) in [5.74, 6) is 0. The smallest absolute Gasteiger partial charge is 0.0893 e. The summed E-state index contributed by atoms with van der Waals surface area (Å²) in [7, 11) is 0. The first-order valence-electron chi connectivity index (χ1n) is 5.48. The van der Waals surface area contributed by atoms with E-state index in [4.69, 9.17) is 11.6 Å². The van der Waals surface area contributed by atoms with Crippen molar-refractivity contribution in [2.45, 2.75) is 25.9 Å². The Balaban J connectivity index is 1.83. The Kier molecular flexibility index (Phi) is 4.48. The molecular formula is C12H14ClN3S. The Labute approximate surface area is 110 Å². The average molecular weight is 268 g/mol. The standard InChI is InChI=1S/C12H14ClN3S/c1-9(14-7-12-8-17-16-15-12)5-10-3-2-4-11(13)6-10/h2-4,6,8-9,14H,5,7H2,1H3. The van der Waals surface area contributed by atoms with Crippen LogP contribution in [0, 0.1) is 0 Å². The fraction of sp³-hybridized carbons (Fsp3) is 0.333. The van der Waals surface area contributed by atoms with Crippen LogP contribution in [0.3, 0.4) is 0 Å². The molecule has 1 aromatic heterocycles. The molecule has 0 saturated carbocycles. The van der Waals surface area contributed by atoms with Gasteiger partial charge in [0, 0.05) is 23.0 Å². The Bertz CT molecular complexity index is 459. The Morgan fingerprint density at radius 1 is 1.47 bits per heavy atom. The molecule has 0 aliphatic heterocycles. The van der Waals surface area contributed by atoms with Crippen LogP contribution in [-0.2, 0) is 13.0 Å². The molecule has 1 atom stereocenters. The highest BCUT2D eigenvalue weighted by atomic mass is 35.5. The fourth-order valence-corrected chi connectivity index (χ4v) is 2.29. The Morgan fingerprint density at radius 3 is 3.06 bits per heavy atom. The predicted molar refractivity (Wildman–Crippen MR) is 71.4 cm³/mol. The minimum atomic E-state index is 0.384. The highest BCUT2D eigenvalue weighted by molar-refractivity contribution is 7.03. The number of hydrogen-bond donors (Lipinski definition) is 1. The first kappa shape index (κ1) is 12.5. The Morgan fingerprint density at radius 2 is 2.35 bits per heavy atom. The zero-order valence-electron chi connectivity index (χ0n) is 9.56. The van der Waals surface area contributed by atoms with Crippen molar-refractivity contribution in [3.63, 3.8) is 0 Å². The summed E-state index contributed by atoms with van der Waals surface area (Å²) >= 11 is 7.33. The van der Waals surface area contributed by atoms with Crippen molar-refractivity contribution in [2.24, 2.45) is 0 Å². The second-order valence-corrected chi connectivity index (χ2v) is 5.06. The number of nitrogens with zero attached hydrogens (tertiary/aromatic N) is 2. The van der Waals surface area contributed by atoms with Crippen LogP contribution >= 0.6 is 23.1 Å². The molecule has 2 rings (SSSR count). The van der Waals surface area contributed by atoms with E-state index < -0.39 is 0 Å². The van der Waals surface area contributed by atoms with Crippen LogP contribution in [0.25, 0.3) is 0 Å². The van der Waals surface area contributed by atoms with Crippen molar-refractivity contribution in [2.75, 3.05) is 0 Å². The van der Waals surface area contributed by atoms with Crippen LogP contribution in [0.1, 0.15) is 18.2 Å². The maximum atomic E-state index is 5.95. The fourth-order valence-electron chi connectivity index (χ4n) is 1.63. The minimum absolute atomic E-state index is 0.384. The second-order valence-electron chi connectivity index (χ2n) is 4.01. The molecule has 0 spiro atoms. The van der Waals surface area contributed by atoms with Crippen LogP contribution in [0.4, 0.5) is 0 Å². The maximum absolute atomic E-state index is 5.95. The van der Waals surface area contributed by atoms with E-state index in [0.29, 0.717) is 6.04 Å². The molecule has 1 heterocycles. The molecule has 1 aromatic carbocycles. The predicted octanol–water partition coefficient (Wildman–Crippen LogP) is 2.91. The van der Waals surface area contributed by atoms with E-state index in [1.54, 1.807) is 0 Å². The summed E-state index contributed by atoms with van der Waals surface area (Å²) in [5, 5.41) is 10.2. The van der Waals surface area contributed by atoms with E-state index in [1.807, 2.05) is 23.6 Å². The zero-order valence-corrected chi connectivity index (χ0v) is 11.1. The molecule has 0 aliphatic rings. The topological polar surface area (TPSA) is 37.8 Å². The second kappa shape index (κ2) is 6.10. The first-order chi connectivity index (χ1) is 8.24. The van der Waals surface area contributed by atoms with Crippen LogP contribution < -0.4 is 5.32 Å². The molecule has 3 nitrogen and oxygen atoms in total. The lowest BCUT2D eigenvalue weighted by Crippen LogP contribution is -2.27. The number of benzene rings is 1. The van der Waals surface area contributed by atoms with Crippen molar-refractivity contribution >= 4 is 23.1 Å². The summed E-state index contributed by atoms with van der Waals surface area (Å²) in [6.07, 6.45) is 0.956. The van der Waals surface area contributed by atoms with Crippen LogP contribution in [0.2, 0.25) is 5.02 Å². The molecule has 0 aliphatic carbocycles. The lowest BCUT2D eigenvalue weighted by atomic mass is 10.1. The molecule has 0 bridgehead atoms. The number of nitrogens with one attached hydrogen (secondary N) is 1. The average Bonchev–Trinajstić information content (AvgIpc) is 2.79. The number of aromatic nitrogens is 2. The zero-order chi connectivity index (χ0) is 12.1. The number of hydrogen-bond acceptors (Lipinski definition) is 4. The molecule has 0 radical (unpaired) electrons. The van der Waals surface area contributed by atoms with Crippen LogP contribution in [0.15, 0.2) is 29.6 Å². The van der Waals surface area contributed by atoms with Gasteiger partial charge < -0.3 is 5.32 Å². The van der Waals surface area contributed by atoms with Gasteiger partial charge in [-0.3, -0.25) is 0 Å². The van der Waals surface area contributed by atoms with E-state index in [0.717, 1.165) is 23.7 Å². The van der Waals surface area contributed by atoms with Gasteiger partial charge in [-0.15, -0.1) is 5.10 Å². The quantitative estimate of drug-likeness (QED) is 0.905. The van der Waals surface area contributed by atoms with E-state index in [9.17, 15) is 0 Å². The van der Waals surface area contributed by atoms with Gasteiger partial charge in [0.15, 0.2) is 0 Å². The van der Waals surface area contributed by atoms with E-state index >= 15 is 0 Å². The highest BCUT2D eigenvalue weighted by Gasteiger charge is 2.04. The summed E-state index contributed by atoms with van der Waals surface area (Å²) < 4.78 is 3.83. The summed E-state index contributed by atoms with van der Waals surface area (Å²) in [6.45, 7) is 2.92. The SMILES string of the molecule is CC(Cc1cccc(Cl)c1)NCc1csnn1. The third kappa shape index (κ3) is 4.07. The van der Waals surface area contributed by atoms with Crippen molar-refractivity contribution in [1.29, 1.82) is 0 Å². The van der Waals surface area contributed by atoms with E-state index in [-0.39, 0.29) is 0 Å². The van der Waals surface area contributed by atoms with Crippen molar-refractivity contribution in [3.8, 4) is 0 Å². The van der Waals surface area contributed by atoms with Gasteiger partial charge in [0.2, 0.25) is 0 Å². The van der Waals surface area contributed by atoms with Gasteiger partial charge in [-0.2, -0.15) is 0 Å². The minimum Gasteiger partial charge on any atom is -0.308 e. The van der Waals surface area contributed by atoms with E-state index in [1.165, 1.54) is 17.1 Å². The largest absolute Gasteiger partial charge is 0.308 e. The highest BCUT2D eigenvalue weighted by Crippen LogP contribution is 2.12. The van der Waals surface area contributed by atoms with Crippen molar-refractivity contribution < 1.29 is 0 Å². The molecule has 1 unspecified atom stereocenters. The summed E-state index contributed by atoms with van der Waals surface area (Å²) in [5.41, 5.74) is 2.24. The molecule has 5 heteroatoms. The molecular weight excluding hydrogens is 254 g/mol. The van der Waals surface area contributed by atoms with Gasteiger partial charge in [0.25, 0.3) is 0 Å². The molecule has 0 saturated heterocycles. The summed E-state index contributed by atoms with van der Waals surface area (Å²) in [6, 6.07) is 8.35. The number of halogens is 1. The van der Waals surface area contributed by atoms with Crippen LogP contribution in [0.5, 0.6) is 0 Å². The maximum Gasteiger partial charge on any atom is 0.0893 e. The lowest BCUT2D eigenvalue weighted by Gasteiger charge is -2.12. The normalized spacial score (nSPS) is 12.6. The third-order valence-corrected chi connectivity index (χ3v) is 3.26. The van der Waals surface area contributed by atoms with Crippen molar-refractivity contribution in [1.82, 2.24) is 14.9 Å². The van der Waals surface area contributed by atoms with Gasteiger partial charge in [-0.05, 0) is 42.6 Å². The molecule has 90 valence electrons. The molecule has 2 aromatic rings. The van der Waals surface area contributed by atoms with Crippen molar-refractivity contribution in [3.05, 3.63) is 45.9 Å².